The van der Waals surface area contributed by atoms with E-state index in [1.807, 2.05) is 4.68 Å². The molecule has 1 aliphatic heterocycles. The van der Waals surface area contributed by atoms with Crippen molar-refractivity contribution >= 4 is 17.2 Å². The molecule has 0 radical (unpaired) electrons. The van der Waals surface area contributed by atoms with Crippen LogP contribution in [0, 0.1) is 5.92 Å². The van der Waals surface area contributed by atoms with Crippen LogP contribution in [0.1, 0.15) is 18.5 Å². The summed E-state index contributed by atoms with van der Waals surface area (Å²) in [5, 5.41) is 4.72. The van der Waals surface area contributed by atoms with E-state index in [1.54, 1.807) is 37.1 Å². The molecule has 130 valence electrons. The molecule has 0 aliphatic carbocycles. The van der Waals surface area contributed by atoms with Crippen LogP contribution < -0.4 is 5.56 Å². The Morgan fingerprint density at radius 1 is 1.32 bits per heavy atom. The Hall–Kier alpha value is -2.25. The Labute approximate surface area is 149 Å². The van der Waals surface area contributed by atoms with Crippen LogP contribution >= 0.6 is 11.6 Å². The van der Waals surface area contributed by atoms with Crippen molar-refractivity contribution in [1.29, 1.82) is 0 Å². The summed E-state index contributed by atoms with van der Waals surface area (Å²) in [4.78, 5) is 23.3. The van der Waals surface area contributed by atoms with Gasteiger partial charge in [0.2, 0.25) is 0 Å². The zero-order valence-electron chi connectivity index (χ0n) is 13.8. The number of fused-ring (bicyclic) bond motifs is 1. The van der Waals surface area contributed by atoms with Crippen molar-refractivity contribution < 1.29 is 0 Å². The maximum Gasteiger partial charge on any atom is 0.258 e. The molecule has 0 bridgehead atoms. The third-order valence-electron chi connectivity index (χ3n) is 4.58. The minimum atomic E-state index is -0.0984. The van der Waals surface area contributed by atoms with Gasteiger partial charge in [-0.2, -0.15) is 5.10 Å². The van der Waals surface area contributed by atoms with E-state index in [0.29, 0.717) is 23.1 Å². The first-order valence-corrected chi connectivity index (χ1v) is 8.78. The molecular formula is C17H19ClN6O. The third kappa shape index (κ3) is 3.72. The van der Waals surface area contributed by atoms with E-state index in [1.165, 1.54) is 10.8 Å². The number of hydrogen-bond donors (Lipinski definition) is 0. The van der Waals surface area contributed by atoms with Crippen LogP contribution in [-0.2, 0) is 13.1 Å². The second-order valence-electron chi connectivity index (χ2n) is 6.52. The second-order valence-corrected chi connectivity index (χ2v) is 6.96. The fourth-order valence-electron chi connectivity index (χ4n) is 3.47. The topological polar surface area (TPSA) is 68.3 Å². The minimum absolute atomic E-state index is 0.0984. The summed E-state index contributed by atoms with van der Waals surface area (Å²) in [5.41, 5.74) is 1.33. The molecular weight excluding hydrogens is 340 g/mol. The molecule has 1 saturated heterocycles. The Bertz CT molecular complexity index is 923. The van der Waals surface area contributed by atoms with Gasteiger partial charge in [-0.1, -0.05) is 11.6 Å². The molecule has 7 nitrogen and oxygen atoms in total. The van der Waals surface area contributed by atoms with E-state index < -0.39 is 0 Å². The van der Waals surface area contributed by atoms with Crippen molar-refractivity contribution in [2.24, 2.45) is 5.92 Å². The lowest BCUT2D eigenvalue weighted by atomic mass is 9.98. The molecule has 1 aliphatic rings. The van der Waals surface area contributed by atoms with Gasteiger partial charge >= 0.3 is 0 Å². The van der Waals surface area contributed by atoms with Crippen LogP contribution in [-0.4, -0.2) is 42.1 Å². The highest BCUT2D eigenvalue weighted by atomic mass is 35.5. The smallest absolute Gasteiger partial charge is 0.258 e. The van der Waals surface area contributed by atoms with Crippen molar-refractivity contribution in [2.75, 3.05) is 13.1 Å². The van der Waals surface area contributed by atoms with Crippen molar-refractivity contribution in [2.45, 2.75) is 25.9 Å². The first-order chi connectivity index (χ1) is 12.2. The van der Waals surface area contributed by atoms with Crippen LogP contribution in [0.15, 0.2) is 41.8 Å². The Balaban J connectivity index is 1.48. The van der Waals surface area contributed by atoms with Gasteiger partial charge in [0.05, 0.1) is 10.7 Å². The summed E-state index contributed by atoms with van der Waals surface area (Å²) < 4.78 is 3.37. The first kappa shape index (κ1) is 16.2. The van der Waals surface area contributed by atoms with E-state index in [9.17, 15) is 4.79 Å². The van der Waals surface area contributed by atoms with Gasteiger partial charge in [0.1, 0.15) is 18.3 Å². The highest BCUT2D eigenvalue weighted by molar-refractivity contribution is 6.30. The Morgan fingerprint density at radius 2 is 2.24 bits per heavy atom. The standard InChI is InChI=1S/C17H19ClN6O/c18-14-3-4-16-21-15(6-17(25)24(16)9-14)10-22-5-1-2-13(7-22)8-23-12-19-11-20-23/h3-4,6,9,11-13H,1-2,5,7-8,10H2. The van der Waals surface area contributed by atoms with E-state index >= 15 is 0 Å². The van der Waals surface area contributed by atoms with Gasteiger partial charge in [-0.3, -0.25) is 18.8 Å². The summed E-state index contributed by atoms with van der Waals surface area (Å²) in [5.74, 6) is 0.538. The summed E-state index contributed by atoms with van der Waals surface area (Å²) in [6, 6.07) is 5.13. The Kier molecular flexibility index (Phi) is 4.50. The van der Waals surface area contributed by atoms with E-state index in [-0.39, 0.29) is 5.56 Å². The molecule has 1 fully saturated rings. The number of halogens is 1. The molecule has 8 heteroatoms. The van der Waals surface area contributed by atoms with Crippen LogP contribution in [0.3, 0.4) is 0 Å². The number of nitrogens with zero attached hydrogens (tertiary/aromatic N) is 6. The summed E-state index contributed by atoms with van der Waals surface area (Å²) in [7, 11) is 0. The van der Waals surface area contributed by atoms with Crippen LogP contribution in [0.4, 0.5) is 0 Å². The molecule has 25 heavy (non-hydrogen) atoms. The SMILES string of the molecule is O=c1cc(CN2CCCC(Cn3cncn3)C2)nc2ccc(Cl)cn12. The van der Waals surface area contributed by atoms with Gasteiger partial charge in [0, 0.05) is 31.9 Å². The fourth-order valence-corrected chi connectivity index (χ4v) is 3.63. The molecule has 0 N–H and O–H groups in total. The van der Waals surface area contributed by atoms with Crippen LogP contribution in [0.2, 0.25) is 5.02 Å². The zero-order valence-corrected chi connectivity index (χ0v) is 14.5. The van der Waals surface area contributed by atoms with Crippen LogP contribution in [0.25, 0.3) is 5.65 Å². The van der Waals surface area contributed by atoms with E-state index in [4.69, 9.17) is 11.6 Å². The molecule has 0 saturated carbocycles. The predicted molar refractivity (Wildman–Crippen MR) is 94.5 cm³/mol. The lowest BCUT2D eigenvalue weighted by Gasteiger charge is -2.32. The number of piperidine rings is 1. The largest absolute Gasteiger partial charge is 0.297 e. The Morgan fingerprint density at radius 3 is 3.08 bits per heavy atom. The summed E-state index contributed by atoms with van der Waals surface area (Å²) in [6.07, 6.45) is 7.25. The number of pyridine rings is 1. The van der Waals surface area contributed by atoms with Gasteiger partial charge in [0.15, 0.2) is 0 Å². The number of likely N-dealkylation sites (tertiary alicyclic amines) is 1. The predicted octanol–water partition coefficient (Wildman–Crippen LogP) is 1.85. The molecule has 0 aromatic carbocycles. The number of rotatable bonds is 4. The van der Waals surface area contributed by atoms with Gasteiger partial charge in [0.25, 0.3) is 5.56 Å². The summed E-state index contributed by atoms with van der Waals surface area (Å²) >= 11 is 5.95. The highest BCUT2D eigenvalue weighted by Gasteiger charge is 2.21. The maximum atomic E-state index is 12.3. The second kappa shape index (κ2) is 6.93. The van der Waals surface area contributed by atoms with Crippen molar-refractivity contribution in [3.8, 4) is 0 Å². The molecule has 4 heterocycles. The van der Waals surface area contributed by atoms with Crippen molar-refractivity contribution in [3.05, 3.63) is 58.1 Å². The highest BCUT2D eigenvalue weighted by Crippen LogP contribution is 2.19. The monoisotopic (exact) mass is 358 g/mol. The minimum Gasteiger partial charge on any atom is -0.297 e. The van der Waals surface area contributed by atoms with Crippen LogP contribution in [0.5, 0.6) is 0 Å². The molecule has 3 aromatic heterocycles. The number of aromatic nitrogens is 5. The molecule has 0 amide bonds. The number of hydrogen-bond acceptors (Lipinski definition) is 5. The average Bonchev–Trinajstić information content (AvgIpc) is 3.09. The first-order valence-electron chi connectivity index (χ1n) is 8.40. The fraction of sp³-hybridized carbons (Fsp3) is 0.412. The van der Waals surface area contributed by atoms with E-state index in [0.717, 1.165) is 31.7 Å². The molecule has 4 rings (SSSR count). The molecule has 0 spiro atoms. The van der Waals surface area contributed by atoms with E-state index in [2.05, 4.69) is 20.0 Å². The average molecular weight is 359 g/mol. The zero-order chi connectivity index (χ0) is 17.2. The van der Waals surface area contributed by atoms with Crippen molar-refractivity contribution in [1.82, 2.24) is 29.0 Å². The molecule has 1 unspecified atom stereocenters. The lowest BCUT2D eigenvalue weighted by molar-refractivity contribution is 0.152. The van der Waals surface area contributed by atoms with Gasteiger partial charge in [-0.15, -0.1) is 0 Å². The molecule has 1 atom stereocenters. The molecule has 3 aromatic rings. The van der Waals surface area contributed by atoms with Gasteiger partial charge in [-0.25, -0.2) is 9.97 Å². The normalized spacial score (nSPS) is 18.7. The third-order valence-corrected chi connectivity index (χ3v) is 4.80. The van der Waals surface area contributed by atoms with Gasteiger partial charge < -0.3 is 0 Å². The maximum absolute atomic E-state index is 12.3. The lowest BCUT2D eigenvalue weighted by Crippen LogP contribution is -2.37. The van der Waals surface area contributed by atoms with Gasteiger partial charge in [-0.05, 0) is 37.4 Å². The quantitative estimate of drug-likeness (QED) is 0.712. The van der Waals surface area contributed by atoms with Crippen molar-refractivity contribution in [3.63, 3.8) is 0 Å². The summed E-state index contributed by atoms with van der Waals surface area (Å²) in [6.45, 7) is 3.56.